The summed E-state index contributed by atoms with van der Waals surface area (Å²) in [5.41, 5.74) is 0. The van der Waals surface area contributed by atoms with Gasteiger partial charge in [-0.2, -0.15) is 0 Å². The summed E-state index contributed by atoms with van der Waals surface area (Å²) in [7, 11) is 0. The first kappa shape index (κ1) is 18.8. The van der Waals surface area contributed by atoms with Crippen LogP contribution in [0.4, 0.5) is 0 Å². The first-order chi connectivity index (χ1) is 14.2. The molecular formula is C25H23NO3. The van der Waals surface area contributed by atoms with Crippen LogP contribution in [0.25, 0.3) is 21.5 Å². The predicted molar refractivity (Wildman–Crippen MR) is 116 cm³/mol. The highest BCUT2D eigenvalue weighted by atomic mass is 16.5. The lowest BCUT2D eigenvalue weighted by molar-refractivity contribution is -0.127. The fourth-order valence-electron chi connectivity index (χ4n) is 3.24. The summed E-state index contributed by atoms with van der Waals surface area (Å²) in [5.74, 6) is 1.30. The van der Waals surface area contributed by atoms with Crippen LogP contribution in [0.1, 0.15) is 6.92 Å². The number of amides is 1. The standard InChI is InChI=1S/C25H23NO3/c1-18(29-24-13-11-20-7-3-5-9-22(20)17-24)25(27)26-14-15-28-23-12-10-19-6-2-4-8-21(19)16-23/h2-13,16-18H,14-15H2,1H3,(H,26,27)/t18-/m1/s1. The van der Waals surface area contributed by atoms with Crippen LogP contribution < -0.4 is 14.8 Å². The third-order valence-electron chi connectivity index (χ3n) is 4.79. The minimum Gasteiger partial charge on any atom is -0.492 e. The van der Waals surface area contributed by atoms with Crippen molar-refractivity contribution in [2.45, 2.75) is 13.0 Å². The lowest BCUT2D eigenvalue weighted by Crippen LogP contribution is -2.38. The summed E-state index contributed by atoms with van der Waals surface area (Å²) in [6, 6.07) is 28.0. The molecule has 4 aromatic carbocycles. The molecule has 0 aliphatic heterocycles. The Morgan fingerprint density at radius 2 is 1.34 bits per heavy atom. The fraction of sp³-hybridized carbons (Fsp3) is 0.160. The van der Waals surface area contributed by atoms with Crippen LogP contribution in [0.3, 0.4) is 0 Å². The van der Waals surface area contributed by atoms with Crippen molar-refractivity contribution < 1.29 is 14.3 Å². The lowest BCUT2D eigenvalue weighted by atomic mass is 10.1. The first-order valence-electron chi connectivity index (χ1n) is 9.74. The maximum absolute atomic E-state index is 12.3. The largest absolute Gasteiger partial charge is 0.492 e. The molecule has 0 unspecified atom stereocenters. The molecule has 1 N–H and O–H groups in total. The molecule has 0 aliphatic carbocycles. The third-order valence-corrected chi connectivity index (χ3v) is 4.79. The summed E-state index contributed by atoms with van der Waals surface area (Å²) in [5, 5.41) is 7.39. The van der Waals surface area contributed by atoms with Gasteiger partial charge in [-0.25, -0.2) is 0 Å². The van der Waals surface area contributed by atoms with Crippen LogP contribution in [-0.2, 0) is 4.79 Å². The second-order valence-corrected chi connectivity index (χ2v) is 6.92. The molecular weight excluding hydrogens is 362 g/mol. The minimum absolute atomic E-state index is 0.166. The third kappa shape index (κ3) is 4.66. The molecule has 0 radical (unpaired) electrons. The van der Waals surface area contributed by atoms with Gasteiger partial charge in [0.1, 0.15) is 18.1 Å². The summed E-state index contributed by atoms with van der Waals surface area (Å²) in [6.45, 7) is 2.55. The average Bonchev–Trinajstić information content (AvgIpc) is 2.76. The Bertz CT molecular complexity index is 1140. The number of ether oxygens (including phenoxy) is 2. The Labute approximate surface area is 170 Å². The fourth-order valence-corrected chi connectivity index (χ4v) is 3.24. The van der Waals surface area contributed by atoms with E-state index in [-0.39, 0.29) is 5.91 Å². The number of rotatable bonds is 7. The Morgan fingerprint density at radius 1 is 0.793 bits per heavy atom. The van der Waals surface area contributed by atoms with Gasteiger partial charge in [-0.3, -0.25) is 4.79 Å². The molecule has 1 atom stereocenters. The number of carbonyl (C=O) groups excluding carboxylic acids is 1. The maximum atomic E-state index is 12.3. The van der Waals surface area contributed by atoms with Gasteiger partial charge in [0.25, 0.3) is 5.91 Å². The van der Waals surface area contributed by atoms with Crippen LogP contribution in [0.2, 0.25) is 0 Å². The lowest BCUT2D eigenvalue weighted by Gasteiger charge is -2.15. The Hall–Kier alpha value is -3.53. The molecule has 146 valence electrons. The molecule has 0 aliphatic rings. The van der Waals surface area contributed by atoms with E-state index < -0.39 is 6.10 Å². The van der Waals surface area contributed by atoms with E-state index in [1.807, 2.05) is 72.8 Å². The number of fused-ring (bicyclic) bond motifs is 2. The molecule has 1 amide bonds. The Balaban J connectivity index is 1.26. The van der Waals surface area contributed by atoms with Crippen LogP contribution in [0, 0.1) is 0 Å². The summed E-state index contributed by atoms with van der Waals surface area (Å²) >= 11 is 0. The average molecular weight is 385 g/mol. The van der Waals surface area contributed by atoms with E-state index >= 15 is 0 Å². The zero-order valence-corrected chi connectivity index (χ0v) is 16.3. The van der Waals surface area contributed by atoms with E-state index in [0.717, 1.165) is 21.9 Å². The molecule has 0 saturated heterocycles. The number of benzene rings is 4. The quantitative estimate of drug-likeness (QED) is 0.458. The van der Waals surface area contributed by atoms with E-state index in [1.165, 1.54) is 5.39 Å². The van der Waals surface area contributed by atoms with E-state index in [2.05, 4.69) is 17.4 Å². The van der Waals surface area contributed by atoms with Crippen LogP contribution >= 0.6 is 0 Å². The van der Waals surface area contributed by atoms with E-state index in [9.17, 15) is 4.79 Å². The van der Waals surface area contributed by atoms with Crippen LogP contribution in [0.5, 0.6) is 11.5 Å². The van der Waals surface area contributed by atoms with Gasteiger partial charge >= 0.3 is 0 Å². The summed E-state index contributed by atoms with van der Waals surface area (Å²) in [6.07, 6.45) is -0.586. The smallest absolute Gasteiger partial charge is 0.260 e. The molecule has 4 nitrogen and oxygen atoms in total. The van der Waals surface area contributed by atoms with Gasteiger partial charge in [0.05, 0.1) is 6.54 Å². The second-order valence-electron chi connectivity index (χ2n) is 6.92. The van der Waals surface area contributed by atoms with E-state index in [1.54, 1.807) is 6.92 Å². The molecule has 0 heterocycles. The topological polar surface area (TPSA) is 47.6 Å². The number of nitrogens with one attached hydrogen (secondary N) is 1. The number of carbonyl (C=O) groups is 1. The molecule has 0 aromatic heterocycles. The second kappa shape index (κ2) is 8.65. The van der Waals surface area contributed by atoms with Gasteiger partial charge in [-0.15, -0.1) is 0 Å². The molecule has 4 rings (SSSR count). The van der Waals surface area contributed by atoms with Crippen molar-refractivity contribution >= 4 is 27.5 Å². The normalized spacial score (nSPS) is 11.9. The molecule has 29 heavy (non-hydrogen) atoms. The highest BCUT2D eigenvalue weighted by Crippen LogP contribution is 2.22. The molecule has 4 aromatic rings. The predicted octanol–water partition coefficient (Wildman–Crippen LogP) is 4.96. The van der Waals surface area contributed by atoms with Crippen molar-refractivity contribution in [2.24, 2.45) is 0 Å². The Morgan fingerprint density at radius 3 is 2.00 bits per heavy atom. The zero-order valence-electron chi connectivity index (χ0n) is 16.3. The monoisotopic (exact) mass is 385 g/mol. The van der Waals surface area contributed by atoms with Crippen molar-refractivity contribution in [2.75, 3.05) is 13.2 Å². The van der Waals surface area contributed by atoms with Crippen molar-refractivity contribution in [3.8, 4) is 11.5 Å². The molecule has 0 spiro atoms. The molecule has 0 fully saturated rings. The van der Waals surface area contributed by atoms with Gasteiger partial charge in [-0.1, -0.05) is 60.7 Å². The van der Waals surface area contributed by atoms with Crippen molar-refractivity contribution in [3.63, 3.8) is 0 Å². The highest BCUT2D eigenvalue weighted by molar-refractivity contribution is 5.85. The van der Waals surface area contributed by atoms with Crippen molar-refractivity contribution in [1.29, 1.82) is 0 Å². The van der Waals surface area contributed by atoms with Crippen molar-refractivity contribution in [1.82, 2.24) is 5.32 Å². The summed E-state index contributed by atoms with van der Waals surface area (Å²) < 4.78 is 11.6. The molecule has 0 bridgehead atoms. The SMILES string of the molecule is C[C@@H](Oc1ccc2ccccc2c1)C(=O)NCCOc1ccc2ccccc2c1. The van der Waals surface area contributed by atoms with Crippen LogP contribution in [-0.4, -0.2) is 25.2 Å². The van der Waals surface area contributed by atoms with Crippen LogP contribution in [0.15, 0.2) is 84.9 Å². The number of hydrogen-bond acceptors (Lipinski definition) is 3. The van der Waals surface area contributed by atoms with Crippen molar-refractivity contribution in [3.05, 3.63) is 84.9 Å². The van der Waals surface area contributed by atoms with Gasteiger partial charge in [0.2, 0.25) is 0 Å². The van der Waals surface area contributed by atoms with Gasteiger partial charge in [-0.05, 0) is 52.7 Å². The molecule has 4 heteroatoms. The maximum Gasteiger partial charge on any atom is 0.260 e. The van der Waals surface area contributed by atoms with E-state index in [4.69, 9.17) is 9.47 Å². The minimum atomic E-state index is -0.586. The zero-order chi connectivity index (χ0) is 20.1. The highest BCUT2D eigenvalue weighted by Gasteiger charge is 2.14. The Kier molecular flexibility index (Phi) is 5.61. The first-order valence-corrected chi connectivity index (χ1v) is 9.74. The number of hydrogen-bond donors (Lipinski definition) is 1. The van der Waals surface area contributed by atoms with E-state index in [0.29, 0.717) is 18.9 Å². The summed E-state index contributed by atoms with van der Waals surface area (Å²) in [4.78, 5) is 12.3. The van der Waals surface area contributed by atoms with Gasteiger partial charge < -0.3 is 14.8 Å². The van der Waals surface area contributed by atoms with Gasteiger partial charge in [0, 0.05) is 0 Å². The van der Waals surface area contributed by atoms with Gasteiger partial charge in [0.15, 0.2) is 6.10 Å². The molecule has 0 saturated carbocycles.